The minimum absolute atomic E-state index is 0.00184. The zero-order valence-corrected chi connectivity index (χ0v) is 20.4. The normalized spacial score (nSPS) is 14.5. The van der Waals surface area contributed by atoms with E-state index in [-0.39, 0.29) is 11.6 Å². The van der Waals surface area contributed by atoms with Crippen molar-refractivity contribution in [1.29, 1.82) is 5.26 Å². The van der Waals surface area contributed by atoms with E-state index in [1.54, 1.807) is 24.3 Å². The van der Waals surface area contributed by atoms with E-state index < -0.39 is 11.9 Å². The second-order valence-corrected chi connectivity index (χ2v) is 9.35. The Hall–Kier alpha value is -4.25. The molecule has 0 aliphatic carbocycles. The van der Waals surface area contributed by atoms with E-state index in [4.69, 9.17) is 31.5 Å². The van der Waals surface area contributed by atoms with Gasteiger partial charge in [-0.15, -0.1) is 11.3 Å². The van der Waals surface area contributed by atoms with Crippen molar-refractivity contribution in [3.05, 3.63) is 112 Å². The molecule has 1 atom stereocenters. The van der Waals surface area contributed by atoms with Crippen LogP contribution in [-0.2, 0) is 0 Å². The number of thiophene rings is 1. The number of carbonyl (C=O) groups is 1. The zero-order valence-electron chi connectivity index (χ0n) is 18.9. The van der Waals surface area contributed by atoms with Crippen LogP contribution in [0.25, 0.3) is 10.1 Å². The Morgan fingerprint density at radius 3 is 2.64 bits per heavy atom. The molecule has 0 bridgehead atoms. The number of halogens is 1. The smallest absolute Gasteiger partial charge is 0.355 e. The number of nitrogens with two attached hydrogens (primary N) is 1. The summed E-state index contributed by atoms with van der Waals surface area (Å²) in [6.45, 7) is 4.04. The van der Waals surface area contributed by atoms with Crippen molar-refractivity contribution in [1.82, 2.24) is 0 Å². The SMILES string of the molecule is C=CCOc1ccc(C2C(C#N)=C(N)Oc3cc(OC(=O)c4sc5ccccc5c4Cl)ccc32)cc1. The summed E-state index contributed by atoms with van der Waals surface area (Å²) in [4.78, 5) is 13.2. The molecule has 1 aliphatic heterocycles. The molecule has 0 radical (unpaired) electrons. The molecule has 0 saturated heterocycles. The molecule has 1 aromatic heterocycles. The molecule has 4 aromatic rings. The lowest BCUT2D eigenvalue weighted by molar-refractivity contribution is 0.0740. The summed E-state index contributed by atoms with van der Waals surface area (Å²) in [6.07, 6.45) is 1.67. The molecule has 2 N–H and O–H groups in total. The number of allylic oxidation sites excluding steroid dienone is 1. The Balaban J connectivity index is 1.45. The van der Waals surface area contributed by atoms with Crippen molar-refractivity contribution in [3.63, 3.8) is 0 Å². The highest BCUT2D eigenvalue weighted by molar-refractivity contribution is 7.21. The minimum Gasteiger partial charge on any atom is -0.490 e. The molecule has 1 aliphatic rings. The Kier molecular flexibility index (Phi) is 6.38. The monoisotopic (exact) mass is 514 g/mol. The van der Waals surface area contributed by atoms with Crippen LogP contribution >= 0.6 is 22.9 Å². The largest absolute Gasteiger partial charge is 0.490 e. The summed E-state index contributed by atoms with van der Waals surface area (Å²) < 4.78 is 17.8. The highest BCUT2D eigenvalue weighted by atomic mass is 35.5. The Morgan fingerprint density at radius 1 is 1.17 bits per heavy atom. The molecule has 8 heteroatoms. The summed E-state index contributed by atoms with van der Waals surface area (Å²) in [5.41, 5.74) is 7.97. The number of rotatable bonds is 6. The standard InChI is InChI=1S/C28H19ClN2O4S/c1-2-13-33-17-9-7-16(8-10-17)24-19-12-11-18(14-22(19)35-27(31)21(24)15-30)34-28(32)26-25(29)20-5-3-4-6-23(20)36-26/h2-12,14,24H,1,13,31H2. The van der Waals surface area contributed by atoms with Gasteiger partial charge in [-0.2, -0.15) is 5.26 Å². The number of carbonyl (C=O) groups excluding carboxylic acids is 1. The summed E-state index contributed by atoms with van der Waals surface area (Å²) >= 11 is 7.70. The molecule has 6 nitrogen and oxygen atoms in total. The molecule has 0 fully saturated rings. The number of esters is 1. The van der Waals surface area contributed by atoms with Crippen molar-refractivity contribution >= 4 is 39.0 Å². The van der Waals surface area contributed by atoms with E-state index in [9.17, 15) is 10.1 Å². The first-order chi connectivity index (χ1) is 17.5. The van der Waals surface area contributed by atoms with Gasteiger partial charge in [-0.1, -0.05) is 60.7 Å². The summed E-state index contributed by atoms with van der Waals surface area (Å²) in [5.74, 6) is 0.337. The Morgan fingerprint density at radius 2 is 1.92 bits per heavy atom. The molecule has 36 heavy (non-hydrogen) atoms. The van der Waals surface area contributed by atoms with E-state index in [2.05, 4.69) is 12.6 Å². The van der Waals surface area contributed by atoms with Gasteiger partial charge in [0.15, 0.2) is 0 Å². The molecule has 0 saturated carbocycles. The molecule has 0 amide bonds. The Labute approximate surface area is 216 Å². The number of hydrogen-bond acceptors (Lipinski definition) is 7. The van der Waals surface area contributed by atoms with Crippen molar-refractivity contribution in [2.45, 2.75) is 5.92 Å². The van der Waals surface area contributed by atoms with Crippen LogP contribution in [-0.4, -0.2) is 12.6 Å². The van der Waals surface area contributed by atoms with Gasteiger partial charge in [-0.05, 0) is 29.8 Å². The maximum Gasteiger partial charge on any atom is 0.355 e. The van der Waals surface area contributed by atoms with Crippen LogP contribution < -0.4 is 19.9 Å². The third-order valence-electron chi connectivity index (χ3n) is 5.70. The van der Waals surface area contributed by atoms with E-state index >= 15 is 0 Å². The van der Waals surface area contributed by atoms with Gasteiger partial charge in [0, 0.05) is 21.7 Å². The van der Waals surface area contributed by atoms with Crippen LogP contribution in [0, 0.1) is 11.3 Å². The molecule has 5 rings (SSSR count). The van der Waals surface area contributed by atoms with Crippen LogP contribution in [0.3, 0.4) is 0 Å². The maximum absolute atomic E-state index is 12.9. The lowest BCUT2D eigenvalue weighted by Gasteiger charge is -2.26. The van der Waals surface area contributed by atoms with Crippen LogP contribution in [0.4, 0.5) is 0 Å². The van der Waals surface area contributed by atoms with Crippen molar-refractivity contribution in [2.75, 3.05) is 6.61 Å². The highest BCUT2D eigenvalue weighted by Gasteiger charge is 2.31. The topological polar surface area (TPSA) is 94.6 Å². The van der Waals surface area contributed by atoms with Gasteiger partial charge in [0.1, 0.15) is 40.4 Å². The van der Waals surface area contributed by atoms with Gasteiger partial charge in [0.2, 0.25) is 5.88 Å². The van der Waals surface area contributed by atoms with Crippen LogP contribution in [0.15, 0.2) is 90.8 Å². The Bertz CT molecular complexity index is 1570. The van der Waals surface area contributed by atoms with Crippen LogP contribution in [0.2, 0.25) is 5.02 Å². The predicted octanol–water partition coefficient (Wildman–Crippen LogP) is 6.56. The van der Waals surface area contributed by atoms with Crippen LogP contribution in [0.5, 0.6) is 17.2 Å². The fourth-order valence-electron chi connectivity index (χ4n) is 4.05. The zero-order chi connectivity index (χ0) is 25.2. The molecular formula is C28H19ClN2O4S. The number of fused-ring (bicyclic) bond motifs is 2. The fraction of sp³-hybridized carbons (Fsp3) is 0.0714. The van der Waals surface area contributed by atoms with Crippen molar-refractivity contribution in [2.24, 2.45) is 5.73 Å². The average Bonchev–Trinajstić information content (AvgIpc) is 3.23. The summed E-state index contributed by atoms with van der Waals surface area (Å²) in [5, 5.41) is 11.0. The van der Waals surface area contributed by atoms with Gasteiger partial charge in [-0.3, -0.25) is 0 Å². The molecule has 2 heterocycles. The number of nitrogens with zero attached hydrogens (tertiary/aromatic N) is 1. The molecule has 3 aromatic carbocycles. The van der Waals surface area contributed by atoms with Gasteiger partial charge in [-0.25, -0.2) is 4.79 Å². The quantitative estimate of drug-likeness (QED) is 0.178. The van der Waals surface area contributed by atoms with Gasteiger partial charge >= 0.3 is 5.97 Å². The first-order valence-corrected chi connectivity index (χ1v) is 12.1. The summed E-state index contributed by atoms with van der Waals surface area (Å²) in [6, 6.07) is 22.1. The van der Waals surface area contributed by atoms with E-state index in [1.165, 1.54) is 11.3 Å². The van der Waals surface area contributed by atoms with Crippen molar-refractivity contribution < 1.29 is 19.0 Å². The third-order valence-corrected chi connectivity index (χ3v) is 7.36. The van der Waals surface area contributed by atoms with Gasteiger partial charge in [0.25, 0.3) is 0 Å². The molecule has 178 valence electrons. The van der Waals surface area contributed by atoms with Gasteiger partial charge < -0.3 is 19.9 Å². The van der Waals surface area contributed by atoms with E-state index in [0.717, 1.165) is 21.2 Å². The third kappa shape index (κ3) is 4.29. The predicted molar refractivity (Wildman–Crippen MR) is 140 cm³/mol. The number of nitriles is 1. The highest BCUT2D eigenvalue weighted by Crippen LogP contribution is 2.44. The lowest BCUT2D eigenvalue weighted by atomic mass is 9.83. The first-order valence-electron chi connectivity index (χ1n) is 10.9. The van der Waals surface area contributed by atoms with Crippen molar-refractivity contribution in [3.8, 4) is 23.3 Å². The minimum atomic E-state index is -0.565. The molecular weight excluding hydrogens is 496 g/mol. The maximum atomic E-state index is 12.9. The lowest BCUT2D eigenvalue weighted by Crippen LogP contribution is -2.21. The van der Waals surface area contributed by atoms with E-state index in [1.807, 2.05) is 48.5 Å². The molecule has 1 unspecified atom stereocenters. The fourth-order valence-corrected chi connectivity index (χ4v) is 5.44. The molecule has 0 spiro atoms. The number of benzene rings is 3. The number of hydrogen-bond donors (Lipinski definition) is 1. The second kappa shape index (κ2) is 9.78. The summed E-state index contributed by atoms with van der Waals surface area (Å²) in [7, 11) is 0. The number of ether oxygens (including phenoxy) is 3. The van der Waals surface area contributed by atoms with Gasteiger partial charge in [0.05, 0.1) is 10.9 Å². The van der Waals surface area contributed by atoms with Crippen LogP contribution in [0.1, 0.15) is 26.7 Å². The van der Waals surface area contributed by atoms with E-state index in [0.29, 0.717) is 33.6 Å². The first kappa shape index (κ1) is 23.5. The average molecular weight is 515 g/mol. The second-order valence-electron chi connectivity index (χ2n) is 7.92.